The molecule has 0 saturated heterocycles. The van der Waals surface area contributed by atoms with E-state index in [2.05, 4.69) is 43.4 Å². The number of carbonyl (C=O) groups is 1. The maximum Gasteiger partial charge on any atom is 0.251 e. The average Bonchev–Trinajstić information content (AvgIpc) is 2.46. The third kappa shape index (κ3) is 3.61. The highest BCUT2D eigenvalue weighted by atomic mass is 35.5. The summed E-state index contributed by atoms with van der Waals surface area (Å²) in [7, 11) is 0. The van der Waals surface area contributed by atoms with Crippen LogP contribution in [0.1, 0.15) is 40.9 Å². The molecule has 2 nitrogen and oxygen atoms in total. The zero-order valence-electron chi connectivity index (χ0n) is 11.7. The topological polar surface area (TPSA) is 29.1 Å². The first-order valence-corrected chi connectivity index (χ1v) is 7.11. The molecule has 0 aliphatic heterocycles. The van der Waals surface area contributed by atoms with Crippen molar-refractivity contribution in [3.05, 3.63) is 70.2 Å². The highest BCUT2D eigenvalue weighted by Gasteiger charge is 2.13. The second-order valence-electron chi connectivity index (χ2n) is 4.85. The Morgan fingerprint density at radius 2 is 1.70 bits per heavy atom. The van der Waals surface area contributed by atoms with E-state index in [0.29, 0.717) is 10.6 Å². The first-order chi connectivity index (χ1) is 9.60. The van der Waals surface area contributed by atoms with E-state index in [-0.39, 0.29) is 11.9 Å². The highest BCUT2D eigenvalue weighted by molar-refractivity contribution is 6.30. The maximum atomic E-state index is 12.2. The van der Waals surface area contributed by atoms with E-state index in [1.807, 2.05) is 0 Å². The second kappa shape index (κ2) is 6.58. The Labute approximate surface area is 124 Å². The van der Waals surface area contributed by atoms with Crippen LogP contribution in [-0.4, -0.2) is 5.91 Å². The number of rotatable bonds is 4. The van der Waals surface area contributed by atoms with E-state index in [9.17, 15) is 4.79 Å². The van der Waals surface area contributed by atoms with E-state index < -0.39 is 0 Å². The monoisotopic (exact) mass is 287 g/mol. The Hall–Kier alpha value is -1.80. The van der Waals surface area contributed by atoms with Crippen LogP contribution >= 0.6 is 11.6 Å². The van der Waals surface area contributed by atoms with Crippen LogP contribution in [0.5, 0.6) is 0 Å². The van der Waals surface area contributed by atoms with Crippen molar-refractivity contribution >= 4 is 17.5 Å². The molecule has 2 rings (SSSR count). The summed E-state index contributed by atoms with van der Waals surface area (Å²) in [5.74, 6) is -0.0749. The Morgan fingerprint density at radius 3 is 2.25 bits per heavy atom. The summed E-state index contributed by atoms with van der Waals surface area (Å²) in [6.45, 7) is 4.11. The summed E-state index contributed by atoms with van der Waals surface area (Å²) >= 11 is 5.83. The molecule has 0 bridgehead atoms. The van der Waals surface area contributed by atoms with E-state index in [0.717, 1.165) is 12.0 Å². The molecule has 1 N–H and O–H groups in total. The molecule has 1 atom stereocenters. The minimum absolute atomic E-state index is 0.0266. The van der Waals surface area contributed by atoms with Gasteiger partial charge in [-0.15, -0.1) is 0 Å². The summed E-state index contributed by atoms with van der Waals surface area (Å²) < 4.78 is 0. The van der Waals surface area contributed by atoms with Gasteiger partial charge in [-0.2, -0.15) is 0 Å². The van der Waals surface area contributed by atoms with Crippen LogP contribution in [0.3, 0.4) is 0 Å². The molecule has 0 aliphatic rings. The van der Waals surface area contributed by atoms with Gasteiger partial charge in [0, 0.05) is 10.6 Å². The Bertz CT molecular complexity index is 575. The number of amides is 1. The van der Waals surface area contributed by atoms with Crippen LogP contribution in [0.15, 0.2) is 48.5 Å². The number of benzene rings is 2. The third-order valence-corrected chi connectivity index (χ3v) is 3.55. The number of nitrogens with one attached hydrogen (secondary N) is 1. The van der Waals surface area contributed by atoms with Gasteiger partial charge in [0.15, 0.2) is 0 Å². The van der Waals surface area contributed by atoms with Crippen molar-refractivity contribution < 1.29 is 4.79 Å². The molecule has 0 aromatic heterocycles. The number of halogens is 1. The fourth-order valence-electron chi connectivity index (χ4n) is 2.06. The maximum absolute atomic E-state index is 12.2. The summed E-state index contributed by atoms with van der Waals surface area (Å²) in [5.41, 5.74) is 2.97. The van der Waals surface area contributed by atoms with Gasteiger partial charge in [-0.1, -0.05) is 48.4 Å². The van der Waals surface area contributed by atoms with E-state index in [4.69, 9.17) is 11.6 Å². The van der Waals surface area contributed by atoms with Crippen LogP contribution in [0, 0.1) is 6.92 Å². The molecule has 104 valence electrons. The van der Waals surface area contributed by atoms with Gasteiger partial charge in [0.05, 0.1) is 6.04 Å². The molecule has 2 aromatic carbocycles. The number of hydrogen-bond acceptors (Lipinski definition) is 1. The lowest BCUT2D eigenvalue weighted by Gasteiger charge is -2.17. The predicted molar refractivity (Wildman–Crippen MR) is 83.1 cm³/mol. The smallest absolute Gasteiger partial charge is 0.251 e. The molecule has 0 heterocycles. The van der Waals surface area contributed by atoms with Crippen molar-refractivity contribution in [2.45, 2.75) is 26.3 Å². The quantitative estimate of drug-likeness (QED) is 0.879. The first kappa shape index (κ1) is 14.6. The van der Waals surface area contributed by atoms with Crippen molar-refractivity contribution in [2.24, 2.45) is 0 Å². The van der Waals surface area contributed by atoms with E-state index in [1.165, 1.54) is 5.56 Å². The van der Waals surface area contributed by atoms with Crippen LogP contribution in [0.4, 0.5) is 0 Å². The molecule has 0 aliphatic carbocycles. The predicted octanol–water partition coefficient (Wildman–Crippen LogP) is 4.53. The molecule has 3 heteroatoms. The lowest BCUT2D eigenvalue weighted by Crippen LogP contribution is -2.28. The number of aryl methyl sites for hydroxylation is 1. The zero-order valence-corrected chi connectivity index (χ0v) is 12.4. The summed E-state index contributed by atoms with van der Waals surface area (Å²) in [6, 6.07) is 15.2. The van der Waals surface area contributed by atoms with Crippen LogP contribution in [0.25, 0.3) is 0 Å². The lowest BCUT2D eigenvalue weighted by atomic mass is 10.0. The highest BCUT2D eigenvalue weighted by Crippen LogP contribution is 2.18. The van der Waals surface area contributed by atoms with Gasteiger partial charge in [-0.3, -0.25) is 4.79 Å². The number of hydrogen-bond donors (Lipinski definition) is 1. The molecule has 2 aromatic rings. The molecule has 20 heavy (non-hydrogen) atoms. The SMILES string of the molecule is CCC(NC(=O)c1ccc(Cl)cc1)c1ccc(C)cc1. The van der Waals surface area contributed by atoms with E-state index >= 15 is 0 Å². The van der Waals surface area contributed by atoms with E-state index in [1.54, 1.807) is 24.3 Å². The number of carbonyl (C=O) groups excluding carboxylic acids is 1. The summed E-state index contributed by atoms with van der Waals surface area (Å²) in [6.07, 6.45) is 0.850. The molecule has 0 spiro atoms. The molecule has 1 unspecified atom stereocenters. The van der Waals surface area contributed by atoms with Crippen molar-refractivity contribution in [3.63, 3.8) is 0 Å². The average molecular weight is 288 g/mol. The summed E-state index contributed by atoms with van der Waals surface area (Å²) in [5, 5.41) is 3.69. The fourth-order valence-corrected chi connectivity index (χ4v) is 2.19. The fraction of sp³-hybridized carbons (Fsp3) is 0.235. The standard InChI is InChI=1S/C17H18ClNO/c1-3-16(13-6-4-12(2)5-7-13)19-17(20)14-8-10-15(18)11-9-14/h4-11,16H,3H2,1-2H3,(H,19,20). The van der Waals surface area contributed by atoms with Gasteiger partial charge in [-0.05, 0) is 43.2 Å². The normalized spacial score (nSPS) is 11.9. The Kier molecular flexibility index (Phi) is 4.80. The van der Waals surface area contributed by atoms with Gasteiger partial charge in [0.25, 0.3) is 5.91 Å². The van der Waals surface area contributed by atoms with Crippen LogP contribution < -0.4 is 5.32 Å². The van der Waals surface area contributed by atoms with Gasteiger partial charge in [0.2, 0.25) is 0 Å². The van der Waals surface area contributed by atoms with Crippen molar-refractivity contribution in [1.82, 2.24) is 5.32 Å². The molecular weight excluding hydrogens is 270 g/mol. The summed E-state index contributed by atoms with van der Waals surface area (Å²) in [4.78, 5) is 12.2. The third-order valence-electron chi connectivity index (χ3n) is 3.30. The van der Waals surface area contributed by atoms with Gasteiger partial charge in [0.1, 0.15) is 0 Å². The lowest BCUT2D eigenvalue weighted by molar-refractivity contribution is 0.0935. The Balaban J connectivity index is 2.11. The van der Waals surface area contributed by atoms with Gasteiger partial charge < -0.3 is 5.32 Å². The van der Waals surface area contributed by atoms with Crippen LogP contribution in [0.2, 0.25) is 5.02 Å². The minimum Gasteiger partial charge on any atom is -0.345 e. The van der Waals surface area contributed by atoms with Crippen molar-refractivity contribution in [3.8, 4) is 0 Å². The van der Waals surface area contributed by atoms with Crippen LogP contribution in [-0.2, 0) is 0 Å². The molecular formula is C17H18ClNO. The van der Waals surface area contributed by atoms with Crippen molar-refractivity contribution in [2.75, 3.05) is 0 Å². The largest absolute Gasteiger partial charge is 0.345 e. The minimum atomic E-state index is -0.0749. The van der Waals surface area contributed by atoms with Gasteiger partial charge in [-0.25, -0.2) is 0 Å². The molecule has 0 radical (unpaired) electrons. The zero-order chi connectivity index (χ0) is 14.5. The first-order valence-electron chi connectivity index (χ1n) is 6.73. The van der Waals surface area contributed by atoms with Gasteiger partial charge >= 0.3 is 0 Å². The second-order valence-corrected chi connectivity index (χ2v) is 5.29. The Morgan fingerprint density at radius 1 is 1.10 bits per heavy atom. The molecule has 0 saturated carbocycles. The molecule has 1 amide bonds. The van der Waals surface area contributed by atoms with Crippen molar-refractivity contribution in [1.29, 1.82) is 0 Å². The molecule has 0 fully saturated rings.